The van der Waals surface area contributed by atoms with Gasteiger partial charge in [0.1, 0.15) is 0 Å². The van der Waals surface area contributed by atoms with Crippen LogP contribution in [0.1, 0.15) is 45.4 Å². The SMILES string of the molecule is CCCCCCCC[S@](=O)CCCl. The molecule has 0 aliphatic heterocycles. The van der Waals surface area contributed by atoms with Crippen molar-refractivity contribution in [3.8, 4) is 0 Å². The molecule has 1 atom stereocenters. The first-order chi connectivity index (χ1) is 6.31. The van der Waals surface area contributed by atoms with Crippen LogP contribution in [0.2, 0.25) is 0 Å². The Balaban J connectivity index is 3.02. The predicted octanol–water partition coefficient (Wildman–Crippen LogP) is 3.33. The van der Waals surface area contributed by atoms with Gasteiger partial charge in [-0.2, -0.15) is 0 Å². The molecule has 0 amide bonds. The lowest BCUT2D eigenvalue weighted by Gasteiger charge is -2.00. The molecule has 3 heteroatoms. The Morgan fingerprint density at radius 3 is 2.23 bits per heavy atom. The van der Waals surface area contributed by atoms with Crippen LogP contribution in [0, 0.1) is 0 Å². The number of rotatable bonds is 9. The Morgan fingerprint density at radius 2 is 1.62 bits per heavy atom. The third-order valence-electron chi connectivity index (χ3n) is 2.03. The molecule has 13 heavy (non-hydrogen) atoms. The molecule has 0 heterocycles. The van der Waals surface area contributed by atoms with E-state index in [1.165, 1.54) is 32.1 Å². The highest BCUT2D eigenvalue weighted by Crippen LogP contribution is 2.05. The highest BCUT2D eigenvalue weighted by atomic mass is 35.5. The maximum absolute atomic E-state index is 11.2. The summed E-state index contributed by atoms with van der Waals surface area (Å²) < 4.78 is 11.2. The molecule has 0 spiro atoms. The number of hydrogen-bond donors (Lipinski definition) is 0. The molecule has 0 radical (unpaired) electrons. The summed E-state index contributed by atoms with van der Waals surface area (Å²) in [6.07, 6.45) is 7.59. The fourth-order valence-electron chi connectivity index (χ4n) is 1.23. The summed E-state index contributed by atoms with van der Waals surface area (Å²) >= 11 is 5.48. The van der Waals surface area contributed by atoms with Gasteiger partial charge >= 0.3 is 0 Å². The Labute approximate surface area is 89.7 Å². The molecule has 0 aromatic rings. The van der Waals surface area contributed by atoms with Gasteiger partial charge in [-0.1, -0.05) is 39.0 Å². The van der Waals surface area contributed by atoms with E-state index in [-0.39, 0.29) is 0 Å². The molecular weight excluding hydrogens is 204 g/mol. The van der Waals surface area contributed by atoms with Crippen molar-refractivity contribution in [1.29, 1.82) is 0 Å². The molecule has 0 saturated heterocycles. The minimum absolute atomic E-state index is 0.530. The molecule has 0 saturated carbocycles. The van der Waals surface area contributed by atoms with Crippen LogP contribution in [0.3, 0.4) is 0 Å². The van der Waals surface area contributed by atoms with Crippen molar-refractivity contribution in [3.05, 3.63) is 0 Å². The second-order valence-corrected chi connectivity index (χ2v) is 5.38. The van der Waals surface area contributed by atoms with Gasteiger partial charge in [-0.25, -0.2) is 0 Å². The van der Waals surface area contributed by atoms with Crippen LogP contribution in [-0.4, -0.2) is 21.6 Å². The first-order valence-corrected chi connectivity index (χ1v) is 7.24. The third-order valence-corrected chi connectivity index (χ3v) is 3.85. The normalized spacial score (nSPS) is 13.1. The van der Waals surface area contributed by atoms with Crippen LogP contribution in [0.5, 0.6) is 0 Å². The fraction of sp³-hybridized carbons (Fsp3) is 1.00. The van der Waals surface area contributed by atoms with E-state index in [9.17, 15) is 4.21 Å². The highest BCUT2D eigenvalue weighted by Gasteiger charge is 1.97. The number of hydrogen-bond acceptors (Lipinski definition) is 1. The van der Waals surface area contributed by atoms with E-state index in [0.29, 0.717) is 11.6 Å². The smallest absolute Gasteiger partial charge is 0.0370 e. The van der Waals surface area contributed by atoms with Crippen molar-refractivity contribution in [1.82, 2.24) is 0 Å². The zero-order valence-electron chi connectivity index (χ0n) is 8.56. The van der Waals surface area contributed by atoms with Gasteiger partial charge in [-0.05, 0) is 6.42 Å². The van der Waals surface area contributed by atoms with Crippen molar-refractivity contribution >= 4 is 22.4 Å². The van der Waals surface area contributed by atoms with Crippen LogP contribution in [-0.2, 0) is 10.8 Å². The van der Waals surface area contributed by atoms with E-state index in [2.05, 4.69) is 6.92 Å². The molecule has 0 aromatic heterocycles. The second kappa shape index (κ2) is 10.5. The topological polar surface area (TPSA) is 17.1 Å². The number of unbranched alkanes of at least 4 members (excludes halogenated alkanes) is 5. The first kappa shape index (κ1) is 13.4. The van der Waals surface area contributed by atoms with Crippen molar-refractivity contribution in [3.63, 3.8) is 0 Å². The average molecular weight is 225 g/mol. The first-order valence-electron chi connectivity index (χ1n) is 5.22. The van der Waals surface area contributed by atoms with E-state index in [0.717, 1.165) is 12.2 Å². The molecule has 0 aliphatic rings. The van der Waals surface area contributed by atoms with Gasteiger partial charge in [0, 0.05) is 28.2 Å². The second-order valence-electron chi connectivity index (χ2n) is 3.30. The number of alkyl halides is 1. The molecule has 0 unspecified atom stereocenters. The van der Waals surface area contributed by atoms with Gasteiger partial charge in [-0.15, -0.1) is 11.6 Å². The molecule has 0 fully saturated rings. The monoisotopic (exact) mass is 224 g/mol. The summed E-state index contributed by atoms with van der Waals surface area (Å²) in [6.45, 7) is 2.22. The Kier molecular flexibility index (Phi) is 10.9. The van der Waals surface area contributed by atoms with Crippen molar-refractivity contribution < 1.29 is 4.21 Å². The predicted molar refractivity (Wildman–Crippen MR) is 62.0 cm³/mol. The van der Waals surface area contributed by atoms with Crippen LogP contribution < -0.4 is 0 Å². The molecule has 0 N–H and O–H groups in total. The zero-order chi connectivity index (χ0) is 9.94. The van der Waals surface area contributed by atoms with Gasteiger partial charge < -0.3 is 0 Å². The fourth-order valence-corrected chi connectivity index (χ4v) is 2.65. The van der Waals surface area contributed by atoms with Crippen molar-refractivity contribution in [2.45, 2.75) is 45.4 Å². The number of halogens is 1. The van der Waals surface area contributed by atoms with E-state index >= 15 is 0 Å². The van der Waals surface area contributed by atoms with Crippen LogP contribution in [0.15, 0.2) is 0 Å². The standard InChI is InChI=1S/C10H21ClOS/c1-2-3-4-5-6-7-9-13(12)10-8-11/h2-10H2,1H3/t13-/m0/s1. The summed E-state index contributed by atoms with van der Waals surface area (Å²) in [5, 5.41) is 0. The Hall–Kier alpha value is 0.440. The van der Waals surface area contributed by atoms with Crippen molar-refractivity contribution in [2.24, 2.45) is 0 Å². The lowest BCUT2D eigenvalue weighted by molar-refractivity contribution is 0.622. The van der Waals surface area contributed by atoms with Crippen molar-refractivity contribution in [2.75, 3.05) is 17.4 Å². The summed E-state index contributed by atoms with van der Waals surface area (Å²) in [4.78, 5) is 0. The average Bonchev–Trinajstić information content (AvgIpc) is 2.11. The quantitative estimate of drug-likeness (QED) is 0.434. The molecule has 0 aliphatic carbocycles. The third kappa shape index (κ3) is 10.4. The summed E-state index contributed by atoms with van der Waals surface area (Å²) in [6, 6.07) is 0. The molecule has 80 valence electrons. The summed E-state index contributed by atoms with van der Waals surface area (Å²) in [5.41, 5.74) is 0. The minimum atomic E-state index is -0.659. The van der Waals surface area contributed by atoms with E-state index in [4.69, 9.17) is 11.6 Å². The maximum atomic E-state index is 11.2. The lowest BCUT2D eigenvalue weighted by atomic mass is 10.1. The Bertz CT molecular complexity index is 128. The highest BCUT2D eigenvalue weighted by molar-refractivity contribution is 7.85. The van der Waals surface area contributed by atoms with E-state index in [1.807, 2.05) is 0 Å². The minimum Gasteiger partial charge on any atom is -0.260 e. The van der Waals surface area contributed by atoms with Crippen LogP contribution in [0.25, 0.3) is 0 Å². The maximum Gasteiger partial charge on any atom is 0.0370 e. The van der Waals surface area contributed by atoms with Crippen LogP contribution >= 0.6 is 11.6 Å². The molecular formula is C10H21ClOS. The van der Waals surface area contributed by atoms with Crippen LogP contribution in [0.4, 0.5) is 0 Å². The summed E-state index contributed by atoms with van der Waals surface area (Å²) in [7, 11) is -0.659. The molecule has 1 nitrogen and oxygen atoms in total. The van der Waals surface area contributed by atoms with E-state index in [1.54, 1.807) is 0 Å². The van der Waals surface area contributed by atoms with E-state index < -0.39 is 10.8 Å². The molecule has 0 rings (SSSR count). The van der Waals surface area contributed by atoms with Gasteiger partial charge in [-0.3, -0.25) is 4.21 Å². The lowest BCUT2D eigenvalue weighted by Crippen LogP contribution is -2.03. The zero-order valence-corrected chi connectivity index (χ0v) is 10.1. The van der Waals surface area contributed by atoms with Gasteiger partial charge in [0.05, 0.1) is 0 Å². The van der Waals surface area contributed by atoms with Gasteiger partial charge in [0.25, 0.3) is 0 Å². The molecule has 0 bridgehead atoms. The van der Waals surface area contributed by atoms with Gasteiger partial charge in [0.2, 0.25) is 0 Å². The summed E-state index contributed by atoms with van der Waals surface area (Å²) in [5.74, 6) is 2.04. The van der Waals surface area contributed by atoms with Gasteiger partial charge in [0.15, 0.2) is 0 Å². The Morgan fingerprint density at radius 1 is 1.00 bits per heavy atom. The molecule has 0 aromatic carbocycles. The largest absolute Gasteiger partial charge is 0.260 e.